The molecule has 0 aliphatic heterocycles. The summed E-state index contributed by atoms with van der Waals surface area (Å²) in [7, 11) is 0. The molecule has 3 rings (SSSR count). The lowest BCUT2D eigenvalue weighted by atomic mass is 10.2. The molecule has 3 N–H and O–H groups in total. The second-order valence-electron chi connectivity index (χ2n) is 6.47. The zero-order valence-corrected chi connectivity index (χ0v) is 17.2. The van der Waals surface area contributed by atoms with Gasteiger partial charge < -0.3 is 20.7 Å². The number of hydrogen-bond donors (Lipinski definition) is 3. The Labute approximate surface area is 180 Å². The molecular formula is C23H21N3O3S. The molecule has 0 heterocycles. The fourth-order valence-corrected chi connectivity index (χ4v) is 2.87. The topological polar surface area (TPSA) is 79.5 Å². The fourth-order valence-electron chi connectivity index (χ4n) is 2.61. The maximum Gasteiger partial charge on any atom is 0.255 e. The second kappa shape index (κ2) is 10.2. The number of carbonyl (C=O) groups excluding carboxylic acids is 2. The minimum atomic E-state index is -0.243. The van der Waals surface area contributed by atoms with Crippen LogP contribution in [0.3, 0.4) is 0 Å². The monoisotopic (exact) mass is 419 g/mol. The highest BCUT2D eigenvalue weighted by Crippen LogP contribution is 2.17. The Morgan fingerprint density at radius 3 is 2.03 bits per heavy atom. The number of carbonyl (C=O) groups is 2. The largest absolute Gasteiger partial charge is 0.489 e. The van der Waals surface area contributed by atoms with E-state index in [1.807, 2.05) is 30.3 Å². The third-order valence-electron chi connectivity index (χ3n) is 4.06. The predicted molar refractivity (Wildman–Crippen MR) is 122 cm³/mol. The van der Waals surface area contributed by atoms with Gasteiger partial charge in [0.25, 0.3) is 5.91 Å². The lowest BCUT2D eigenvalue weighted by Crippen LogP contribution is -2.32. The number of amides is 2. The van der Waals surface area contributed by atoms with Crippen molar-refractivity contribution in [3.8, 4) is 5.75 Å². The first-order valence-electron chi connectivity index (χ1n) is 9.26. The van der Waals surface area contributed by atoms with Crippen molar-refractivity contribution in [1.29, 1.82) is 0 Å². The van der Waals surface area contributed by atoms with Crippen molar-refractivity contribution in [3.05, 3.63) is 90.0 Å². The summed E-state index contributed by atoms with van der Waals surface area (Å²) in [6.45, 7) is 1.85. The molecule has 0 aromatic heterocycles. The van der Waals surface area contributed by atoms with E-state index in [9.17, 15) is 9.59 Å². The van der Waals surface area contributed by atoms with Crippen molar-refractivity contribution in [3.63, 3.8) is 0 Å². The summed E-state index contributed by atoms with van der Waals surface area (Å²) in [6.07, 6.45) is 0. The zero-order chi connectivity index (χ0) is 21.3. The average Bonchev–Trinajstić information content (AvgIpc) is 2.74. The van der Waals surface area contributed by atoms with Gasteiger partial charge in [-0.1, -0.05) is 30.3 Å². The molecule has 3 aromatic carbocycles. The molecule has 6 nitrogen and oxygen atoms in total. The van der Waals surface area contributed by atoms with Gasteiger partial charge in [0.05, 0.1) is 0 Å². The standard InChI is InChI=1S/C23H21N3O3S/c1-16(27)24-23(30)26-20-11-9-19(10-12-20)25-22(28)18-7-13-21(14-8-18)29-15-17-5-3-2-4-6-17/h2-14H,15H2,1H3,(H,25,28)(H2,24,26,27,30). The summed E-state index contributed by atoms with van der Waals surface area (Å²) >= 11 is 5.01. The first kappa shape index (κ1) is 21.0. The molecule has 0 fully saturated rings. The first-order chi connectivity index (χ1) is 14.5. The fraction of sp³-hybridized carbons (Fsp3) is 0.0870. The second-order valence-corrected chi connectivity index (χ2v) is 6.87. The Hall–Kier alpha value is -3.71. The quantitative estimate of drug-likeness (QED) is 0.518. The molecule has 152 valence electrons. The summed E-state index contributed by atoms with van der Waals surface area (Å²) in [5.41, 5.74) is 2.94. The molecule has 0 bridgehead atoms. The number of nitrogens with one attached hydrogen (secondary N) is 3. The maximum absolute atomic E-state index is 12.5. The zero-order valence-electron chi connectivity index (χ0n) is 16.3. The van der Waals surface area contributed by atoms with Crippen molar-refractivity contribution < 1.29 is 14.3 Å². The summed E-state index contributed by atoms with van der Waals surface area (Å²) in [6, 6.07) is 23.9. The van der Waals surface area contributed by atoms with Gasteiger partial charge in [-0.05, 0) is 66.3 Å². The Morgan fingerprint density at radius 2 is 1.43 bits per heavy atom. The smallest absolute Gasteiger partial charge is 0.255 e. The van der Waals surface area contributed by atoms with Crippen molar-refractivity contribution in [1.82, 2.24) is 5.32 Å². The molecule has 0 aliphatic rings. The number of thiocarbonyl (C=S) groups is 1. The van der Waals surface area contributed by atoms with Crippen LogP contribution >= 0.6 is 12.2 Å². The van der Waals surface area contributed by atoms with E-state index in [2.05, 4.69) is 16.0 Å². The van der Waals surface area contributed by atoms with Crippen LogP contribution in [0.1, 0.15) is 22.8 Å². The third kappa shape index (κ3) is 6.42. The van der Waals surface area contributed by atoms with Gasteiger partial charge in [0.15, 0.2) is 5.11 Å². The normalized spacial score (nSPS) is 10.0. The van der Waals surface area contributed by atoms with Gasteiger partial charge in [0.2, 0.25) is 5.91 Å². The molecule has 0 aliphatic carbocycles. The molecule has 7 heteroatoms. The Kier molecular flexibility index (Phi) is 7.13. The van der Waals surface area contributed by atoms with E-state index >= 15 is 0 Å². The van der Waals surface area contributed by atoms with Crippen LogP contribution in [-0.4, -0.2) is 16.9 Å². The molecule has 0 saturated carbocycles. The van der Waals surface area contributed by atoms with Gasteiger partial charge in [0.1, 0.15) is 12.4 Å². The lowest BCUT2D eigenvalue weighted by Gasteiger charge is -2.10. The molecule has 0 spiro atoms. The van der Waals surface area contributed by atoms with Crippen molar-refractivity contribution in [2.24, 2.45) is 0 Å². The molecule has 0 unspecified atom stereocenters. The van der Waals surface area contributed by atoms with Crippen LogP contribution in [-0.2, 0) is 11.4 Å². The van der Waals surface area contributed by atoms with Crippen molar-refractivity contribution in [2.75, 3.05) is 10.6 Å². The number of benzene rings is 3. The van der Waals surface area contributed by atoms with Crippen LogP contribution < -0.4 is 20.7 Å². The van der Waals surface area contributed by atoms with E-state index in [-0.39, 0.29) is 16.9 Å². The lowest BCUT2D eigenvalue weighted by molar-refractivity contribution is -0.117. The molecule has 0 atom stereocenters. The van der Waals surface area contributed by atoms with E-state index in [1.165, 1.54) is 6.92 Å². The summed E-state index contributed by atoms with van der Waals surface area (Å²) in [5.74, 6) is 0.230. The van der Waals surface area contributed by atoms with Gasteiger partial charge in [-0.2, -0.15) is 0 Å². The van der Waals surface area contributed by atoms with Crippen LogP contribution in [0.15, 0.2) is 78.9 Å². The minimum absolute atomic E-state index is 0.217. The van der Waals surface area contributed by atoms with Crippen molar-refractivity contribution >= 4 is 40.5 Å². The molecule has 30 heavy (non-hydrogen) atoms. The van der Waals surface area contributed by atoms with E-state index < -0.39 is 0 Å². The van der Waals surface area contributed by atoms with Crippen LogP contribution in [0.4, 0.5) is 11.4 Å². The van der Waals surface area contributed by atoms with Crippen molar-refractivity contribution in [2.45, 2.75) is 13.5 Å². The highest BCUT2D eigenvalue weighted by molar-refractivity contribution is 7.80. The minimum Gasteiger partial charge on any atom is -0.489 e. The van der Waals surface area contributed by atoms with Crippen LogP contribution in [0, 0.1) is 0 Å². The van der Waals surface area contributed by atoms with E-state index in [1.54, 1.807) is 48.5 Å². The number of hydrogen-bond acceptors (Lipinski definition) is 4. The Morgan fingerprint density at radius 1 is 0.833 bits per heavy atom. The van der Waals surface area contributed by atoms with Crippen LogP contribution in [0.5, 0.6) is 5.75 Å². The Balaban J connectivity index is 1.52. The van der Waals surface area contributed by atoms with Crippen LogP contribution in [0.2, 0.25) is 0 Å². The van der Waals surface area contributed by atoms with E-state index in [4.69, 9.17) is 17.0 Å². The van der Waals surface area contributed by atoms with Gasteiger partial charge in [-0.25, -0.2) is 0 Å². The van der Waals surface area contributed by atoms with Gasteiger partial charge in [-0.3, -0.25) is 9.59 Å². The number of ether oxygens (including phenoxy) is 1. The highest BCUT2D eigenvalue weighted by atomic mass is 32.1. The van der Waals surface area contributed by atoms with E-state index in [0.717, 1.165) is 5.56 Å². The Bertz CT molecular complexity index is 1020. The molecule has 2 amide bonds. The average molecular weight is 420 g/mol. The number of anilines is 2. The summed E-state index contributed by atoms with van der Waals surface area (Å²) in [4.78, 5) is 23.4. The maximum atomic E-state index is 12.5. The van der Waals surface area contributed by atoms with Gasteiger partial charge in [-0.15, -0.1) is 0 Å². The predicted octanol–water partition coefficient (Wildman–Crippen LogP) is 4.35. The van der Waals surface area contributed by atoms with Crippen LogP contribution in [0.25, 0.3) is 0 Å². The molecule has 0 saturated heterocycles. The molecular weight excluding hydrogens is 398 g/mol. The SMILES string of the molecule is CC(=O)NC(=S)Nc1ccc(NC(=O)c2ccc(OCc3ccccc3)cc2)cc1. The van der Waals surface area contributed by atoms with Gasteiger partial charge in [0, 0.05) is 23.9 Å². The third-order valence-corrected chi connectivity index (χ3v) is 4.26. The van der Waals surface area contributed by atoms with E-state index in [0.29, 0.717) is 29.3 Å². The first-order valence-corrected chi connectivity index (χ1v) is 9.67. The molecule has 0 radical (unpaired) electrons. The summed E-state index contributed by atoms with van der Waals surface area (Å²) in [5, 5.41) is 8.43. The summed E-state index contributed by atoms with van der Waals surface area (Å²) < 4.78 is 5.74. The molecule has 3 aromatic rings. The van der Waals surface area contributed by atoms with Gasteiger partial charge >= 0.3 is 0 Å². The number of rotatable bonds is 6. The highest BCUT2D eigenvalue weighted by Gasteiger charge is 2.07.